The largest absolute Gasteiger partial charge is 0.496 e. The van der Waals surface area contributed by atoms with Crippen molar-refractivity contribution < 1.29 is 14.3 Å². The lowest BCUT2D eigenvalue weighted by molar-refractivity contribution is -0.117. The van der Waals surface area contributed by atoms with E-state index >= 15 is 0 Å². The van der Waals surface area contributed by atoms with Crippen LogP contribution in [0.1, 0.15) is 28.8 Å². The highest BCUT2D eigenvalue weighted by atomic mass is 16.5. The Morgan fingerprint density at radius 1 is 1.35 bits per heavy atom. The average molecular weight is 233 g/mol. The summed E-state index contributed by atoms with van der Waals surface area (Å²) in [6.07, 6.45) is 1.92. The van der Waals surface area contributed by atoms with Gasteiger partial charge in [0.1, 0.15) is 5.75 Å². The average Bonchev–Trinajstić information content (AvgIpc) is 3.11. The van der Waals surface area contributed by atoms with Crippen LogP contribution in [0.4, 0.5) is 0 Å². The normalized spacial score (nSPS) is 14.2. The van der Waals surface area contributed by atoms with E-state index in [0.717, 1.165) is 18.4 Å². The fourth-order valence-electron chi connectivity index (χ4n) is 1.60. The third-order valence-corrected chi connectivity index (χ3v) is 2.72. The van der Waals surface area contributed by atoms with Gasteiger partial charge in [0, 0.05) is 6.04 Å². The van der Waals surface area contributed by atoms with Crippen molar-refractivity contribution in [2.75, 3.05) is 7.11 Å². The predicted molar refractivity (Wildman–Crippen MR) is 63.2 cm³/mol. The highest BCUT2D eigenvalue weighted by Gasteiger charge is 2.28. The summed E-state index contributed by atoms with van der Waals surface area (Å²) in [5.41, 5.74) is 1.25. The lowest BCUT2D eigenvalue weighted by atomic mass is 10.1. The minimum Gasteiger partial charge on any atom is -0.496 e. The molecule has 1 aliphatic rings. The Balaban J connectivity index is 2.21. The van der Waals surface area contributed by atoms with Gasteiger partial charge < -0.3 is 10.1 Å². The van der Waals surface area contributed by atoms with Gasteiger partial charge in [-0.25, -0.2) is 0 Å². The van der Waals surface area contributed by atoms with Gasteiger partial charge in [-0.3, -0.25) is 9.59 Å². The Bertz CT molecular complexity index is 464. The van der Waals surface area contributed by atoms with Crippen molar-refractivity contribution in [3.8, 4) is 5.75 Å². The van der Waals surface area contributed by atoms with Gasteiger partial charge in [-0.2, -0.15) is 0 Å². The molecule has 1 amide bonds. The van der Waals surface area contributed by atoms with Crippen LogP contribution in [0.3, 0.4) is 0 Å². The maximum Gasteiger partial charge on any atom is 0.292 e. The first-order chi connectivity index (χ1) is 8.11. The molecule has 0 saturated heterocycles. The molecule has 1 N–H and O–H groups in total. The van der Waals surface area contributed by atoms with Crippen LogP contribution in [0.5, 0.6) is 5.75 Å². The lowest BCUT2D eigenvalue weighted by Crippen LogP contribution is -2.32. The van der Waals surface area contributed by atoms with Crippen molar-refractivity contribution in [2.45, 2.75) is 25.8 Å². The maximum absolute atomic E-state index is 11.9. The van der Waals surface area contributed by atoms with E-state index in [0.29, 0.717) is 11.3 Å². The third-order valence-electron chi connectivity index (χ3n) is 2.72. The van der Waals surface area contributed by atoms with E-state index in [1.165, 1.54) is 7.11 Å². The number of hydrogen-bond donors (Lipinski definition) is 1. The second-order valence-electron chi connectivity index (χ2n) is 4.28. The first-order valence-corrected chi connectivity index (χ1v) is 5.61. The molecule has 1 saturated carbocycles. The number of carbonyl (C=O) groups is 2. The molecule has 0 spiro atoms. The number of carbonyl (C=O) groups excluding carboxylic acids is 2. The van der Waals surface area contributed by atoms with E-state index in [4.69, 9.17) is 4.74 Å². The van der Waals surface area contributed by atoms with Gasteiger partial charge in [0.15, 0.2) is 0 Å². The number of benzene rings is 1. The van der Waals surface area contributed by atoms with E-state index in [1.54, 1.807) is 12.1 Å². The van der Waals surface area contributed by atoms with E-state index < -0.39 is 11.7 Å². The number of amides is 1. The van der Waals surface area contributed by atoms with E-state index in [9.17, 15) is 9.59 Å². The highest BCUT2D eigenvalue weighted by molar-refractivity contribution is 6.43. The first kappa shape index (κ1) is 11.6. The molecule has 4 heteroatoms. The van der Waals surface area contributed by atoms with Crippen LogP contribution < -0.4 is 10.1 Å². The molecule has 1 aliphatic carbocycles. The summed E-state index contributed by atoms with van der Waals surface area (Å²) in [7, 11) is 1.49. The number of hydrogen-bond acceptors (Lipinski definition) is 3. The summed E-state index contributed by atoms with van der Waals surface area (Å²) < 4.78 is 5.09. The Kier molecular flexibility index (Phi) is 3.13. The van der Waals surface area contributed by atoms with Crippen molar-refractivity contribution in [1.29, 1.82) is 0 Å². The molecule has 0 atom stereocenters. The maximum atomic E-state index is 11.9. The number of aryl methyl sites for hydroxylation is 1. The number of ether oxygens (including phenoxy) is 1. The summed E-state index contributed by atoms with van der Waals surface area (Å²) in [5.74, 6) is -0.639. The van der Waals surface area contributed by atoms with Crippen LogP contribution >= 0.6 is 0 Å². The minimum absolute atomic E-state index is 0.183. The molecule has 2 rings (SSSR count). The van der Waals surface area contributed by atoms with E-state index in [2.05, 4.69) is 5.32 Å². The molecule has 1 fully saturated rings. The fraction of sp³-hybridized carbons (Fsp3) is 0.385. The minimum atomic E-state index is -0.545. The van der Waals surface area contributed by atoms with E-state index in [1.807, 2.05) is 13.0 Å². The molecular weight excluding hydrogens is 218 g/mol. The number of methoxy groups -OCH3 is 1. The molecule has 0 bridgehead atoms. The Morgan fingerprint density at radius 2 is 2.06 bits per heavy atom. The Hall–Kier alpha value is -1.84. The van der Waals surface area contributed by atoms with Gasteiger partial charge in [-0.1, -0.05) is 11.6 Å². The van der Waals surface area contributed by atoms with Gasteiger partial charge in [0.05, 0.1) is 12.7 Å². The fourth-order valence-corrected chi connectivity index (χ4v) is 1.60. The summed E-state index contributed by atoms with van der Waals surface area (Å²) in [4.78, 5) is 23.6. The van der Waals surface area contributed by atoms with Gasteiger partial charge >= 0.3 is 0 Å². The monoisotopic (exact) mass is 233 g/mol. The van der Waals surface area contributed by atoms with Crippen LogP contribution in [0.25, 0.3) is 0 Å². The highest BCUT2D eigenvalue weighted by Crippen LogP contribution is 2.22. The zero-order valence-corrected chi connectivity index (χ0v) is 9.95. The van der Waals surface area contributed by atoms with Gasteiger partial charge in [0.2, 0.25) is 0 Å². The topological polar surface area (TPSA) is 55.4 Å². The molecule has 0 aromatic heterocycles. The van der Waals surface area contributed by atoms with Crippen LogP contribution in [-0.2, 0) is 4.79 Å². The number of Topliss-reactive ketones (excluding diaryl/α,β-unsaturated/α-hetero) is 1. The predicted octanol–water partition coefficient (Wildman–Crippen LogP) is 1.46. The summed E-state index contributed by atoms with van der Waals surface area (Å²) in [6, 6.07) is 5.40. The van der Waals surface area contributed by atoms with E-state index in [-0.39, 0.29) is 6.04 Å². The molecule has 1 aromatic carbocycles. The molecule has 1 aromatic rings. The zero-order chi connectivity index (χ0) is 12.4. The summed E-state index contributed by atoms with van der Waals surface area (Å²) in [6.45, 7) is 1.87. The van der Waals surface area contributed by atoms with Crippen molar-refractivity contribution in [3.05, 3.63) is 29.3 Å². The number of rotatable bonds is 4. The molecular formula is C13H15NO3. The van der Waals surface area contributed by atoms with Crippen LogP contribution in [0.15, 0.2) is 18.2 Å². The second kappa shape index (κ2) is 4.57. The number of ketones is 1. The molecule has 0 unspecified atom stereocenters. The van der Waals surface area contributed by atoms with Crippen LogP contribution in [0, 0.1) is 6.92 Å². The molecule has 0 radical (unpaired) electrons. The molecule has 0 heterocycles. The Labute approximate surface area is 100.0 Å². The van der Waals surface area contributed by atoms with Crippen molar-refractivity contribution in [2.24, 2.45) is 0 Å². The summed E-state index contributed by atoms with van der Waals surface area (Å²) >= 11 is 0. The van der Waals surface area contributed by atoms with Crippen molar-refractivity contribution in [1.82, 2.24) is 5.32 Å². The lowest BCUT2D eigenvalue weighted by Gasteiger charge is -2.08. The first-order valence-electron chi connectivity index (χ1n) is 5.61. The van der Waals surface area contributed by atoms with Crippen molar-refractivity contribution >= 4 is 11.7 Å². The Morgan fingerprint density at radius 3 is 2.65 bits per heavy atom. The quantitative estimate of drug-likeness (QED) is 0.632. The number of nitrogens with one attached hydrogen (secondary N) is 1. The second-order valence-corrected chi connectivity index (χ2v) is 4.28. The van der Waals surface area contributed by atoms with Gasteiger partial charge in [-0.15, -0.1) is 0 Å². The zero-order valence-electron chi connectivity index (χ0n) is 9.95. The SMILES string of the molecule is COc1ccc(C)cc1C(=O)C(=O)NC1CC1. The van der Waals surface area contributed by atoms with Crippen LogP contribution in [0.2, 0.25) is 0 Å². The molecule has 17 heavy (non-hydrogen) atoms. The van der Waals surface area contributed by atoms with Crippen molar-refractivity contribution in [3.63, 3.8) is 0 Å². The third kappa shape index (κ3) is 2.64. The smallest absolute Gasteiger partial charge is 0.292 e. The summed E-state index contributed by atoms with van der Waals surface area (Å²) in [5, 5.41) is 2.68. The molecule has 4 nitrogen and oxygen atoms in total. The van der Waals surface area contributed by atoms with Crippen LogP contribution in [-0.4, -0.2) is 24.8 Å². The van der Waals surface area contributed by atoms with Gasteiger partial charge in [0.25, 0.3) is 11.7 Å². The molecule has 90 valence electrons. The molecule has 0 aliphatic heterocycles. The standard InChI is InChI=1S/C13H15NO3/c1-8-3-6-11(17-2)10(7-8)12(15)13(16)14-9-4-5-9/h3,6-7,9H,4-5H2,1-2H3,(H,14,16). The van der Waals surface area contributed by atoms with Gasteiger partial charge in [-0.05, 0) is 31.9 Å².